The Morgan fingerprint density at radius 3 is 2.52 bits per heavy atom. The molecule has 2 unspecified atom stereocenters. The van der Waals surface area contributed by atoms with Gasteiger partial charge < -0.3 is 24.1 Å². The lowest BCUT2D eigenvalue weighted by atomic mass is 9.91. The van der Waals surface area contributed by atoms with E-state index in [1.807, 2.05) is 0 Å². The summed E-state index contributed by atoms with van der Waals surface area (Å²) in [4.78, 5) is 23.8. The van der Waals surface area contributed by atoms with E-state index in [1.54, 1.807) is 32.1 Å². The topological polar surface area (TPSA) is 106 Å². The third-order valence-corrected chi connectivity index (χ3v) is 4.28. The van der Waals surface area contributed by atoms with E-state index in [9.17, 15) is 19.8 Å². The fourth-order valence-electron chi connectivity index (χ4n) is 2.51. The van der Waals surface area contributed by atoms with Gasteiger partial charge in [0.25, 0.3) is 0 Å². The number of methoxy groups -OCH3 is 1. The minimum Gasteiger partial charge on any atom is -0.496 e. The molecule has 0 aliphatic heterocycles. The highest BCUT2D eigenvalue weighted by Crippen LogP contribution is 2.37. The number of ether oxygens (including phenoxy) is 2. The van der Waals surface area contributed by atoms with Crippen LogP contribution in [0.1, 0.15) is 39.4 Å². The molecule has 7 nitrogen and oxygen atoms in total. The second-order valence-electron chi connectivity index (χ2n) is 6.78. The van der Waals surface area contributed by atoms with Crippen LogP contribution >= 0.6 is 0 Å². The van der Waals surface area contributed by atoms with E-state index >= 15 is 0 Å². The smallest absolute Gasteiger partial charge is 0.336 e. The van der Waals surface area contributed by atoms with Crippen molar-refractivity contribution in [2.24, 2.45) is 0 Å². The van der Waals surface area contributed by atoms with Crippen LogP contribution in [0.4, 0.5) is 0 Å². The van der Waals surface area contributed by atoms with E-state index < -0.39 is 29.4 Å². The minimum absolute atomic E-state index is 0.246. The van der Waals surface area contributed by atoms with Crippen molar-refractivity contribution in [2.45, 2.75) is 45.5 Å². The molecule has 0 saturated heterocycles. The van der Waals surface area contributed by atoms with Gasteiger partial charge in [-0.15, -0.1) is 0 Å². The van der Waals surface area contributed by atoms with Crippen LogP contribution in [0.5, 0.6) is 5.75 Å². The number of hydrogen-bond acceptors (Lipinski definition) is 7. The van der Waals surface area contributed by atoms with Gasteiger partial charge in [0.05, 0.1) is 12.7 Å². The SMILES string of the molecule is C/C=C(\C)C(=O)OC(c1cc2ccc(=O)oc2cc1OC)C(O)C(C)(C)O. The third kappa shape index (κ3) is 4.56. The predicted octanol–water partition coefficient (Wildman–Crippen LogP) is 2.48. The zero-order valence-corrected chi connectivity index (χ0v) is 16.0. The second kappa shape index (κ2) is 7.94. The van der Waals surface area contributed by atoms with E-state index in [2.05, 4.69) is 0 Å². The van der Waals surface area contributed by atoms with Crippen molar-refractivity contribution in [3.8, 4) is 5.75 Å². The van der Waals surface area contributed by atoms with Gasteiger partial charge in [-0.1, -0.05) is 6.08 Å². The Morgan fingerprint density at radius 2 is 1.96 bits per heavy atom. The predicted molar refractivity (Wildman–Crippen MR) is 99.6 cm³/mol. The first kappa shape index (κ1) is 20.7. The molecule has 2 aromatic rings. The molecule has 2 N–H and O–H groups in total. The van der Waals surface area contributed by atoms with Crippen LogP contribution < -0.4 is 10.4 Å². The molecule has 0 amide bonds. The van der Waals surface area contributed by atoms with E-state index in [0.717, 1.165) is 0 Å². The van der Waals surface area contributed by atoms with Gasteiger partial charge in [-0.3, -0.25) is 0 Å². The maximum Gasteiger partial charge on any atom is 0.336 e. The van der Waals surface area contributed by atoms with E-state index in [1.165, 1.54) is 33.1 Å². The molecule has 0 bridgehead atoms. The summed E-state index contributed by atoms with van der Waals surface area (Å²) >= 11 is 0. The summed E-state index contributed by atoms with van der Waals surface area (Å²) in [7, 11) is 1.40. The van der Waals surface area contributed by atoms with Gasteiger partial charge in [-0.25, -0.2) is 9.59 Å². The van der Waals surface area contributed by atoms with Gasteiger partial charge in [0.2, 0.25) is 0 Å². The summed E-state index contributed by atoms with van der Waals surface area (Å²) in [5.74, 6) is -0.386. The summed E-state index contributed by atoms with van der Waals surface area (Å²) in [6.07, 6.45) is -1.06. The van der Waals surface area contributed by atoms with Crippen LogP contribution in [-0.4, -0.2) is 35.0 Å². The molecule has 0 saturated carbocycles. The molecule has 1 heterocycles. The second-order valence-corrected chi connectivity index (χ2v) is 6.78. The van der Waals surface area contributed by atoms with E-state index in [4.69, 9.17) is 13.9 Å². The number of aliphatic hydroxyl groups excluding tert-OH is 1. The molecular weight excluding hydrogens is 352 g/mol. The first-order valence-electron chi connectivity index (χ1n) is 8.44. The van der Waals surface area contributed by atoms with Crippen LogP contribution in [-0.2, 0) is 9.53 Å². The van der Waals surface area contributed by atoms with Gasteiger partial charge in [0.1, 0.15) is 17.4 Å². The number of benzene rings is 1. The van der Waals surface area contributed by atoms with Crippen LogP contribution in [0.15, 0.2) is 45.1 Å². The van der Waals surface area contributed by atoms with Crippen LogP contribution in [0.3, 0.4) is 0 Å². The Hall–Kier alpha value is -2.64. The Morgan fingerprint density at radius 1 is 1.30 bits per heavy atom. The fraction of sp³-hybridized carbons (Fsp3) is 0.400. The molecule has 0 aliphatic carbocycles. The lowest BCUT2D eigenvalue weighted by Crippen LogP contribution is -2.42. The number of rotatable bonds is 6. The average molecular weight is 376 g/mol. The van der Waals surface area contributed by atoms with Crippen molar-refractivity contribution in [2.75, 3.05) is 7.11 Å². The summed E-state index contributed by atoms with van der Waals surface area (Å²) < 4.78 is 16.0. The quantitative estimate of drug-likeness (QED) is 0.453. The number of allylic oxidation sites excluding steroid dienone is 1. The molecule has 1 aromatic carbocycles. The van der Waals surface area contributed by atoms with Crippen molar-refractivity contribution in [3.05, 3.63) is 51.9 Å². The van der Waals surface area contributed by atoms with Gasteiger partial charge in [-0.05, 0) is 39.8 Å². The standard InChI is InChI=1S/C20H24O7/c1-6-11(2)19(23)27-17(18(22)20(3,4)24)13-9-12-7-8-16(21)26-14(12)10-15(13)25-5/h6-10,17-18,22,24H,1-5H3/b11-6+. The van der Waals surface area contributed by atoms with Gasteiger partial charge in [0, 0.05) is 28.7 Å². The molecular formula is C20H24O7. The Balaban J connectivity index is 2.64. The molecule has 27 heavy (non-hydrogen) atoms. The summed E-state index contributed by atoms with van der Waals surface area (Å²) in [6, 6.07) is 5.88. The normalized spacial score (nSPS) is 14.7. The molecule has 0 aliphatic rings. The molecule has 1 aromatic heterocycles. The fourth-order valence-corrected chi connectivity index (χ4v) is 2.51. The summed E-state index contributed by atoms with van der Waals surface area (Å²) in [5, 5.41) is 21.5. The Kier molecular flexibility index (Phi) is 6.08. The van der Waals surface area contributed by atoms with Crippen molar-refractivity contribution in [1.29, 1.82) is 0 Å². The summed E-state index contributed by atoms with van der Waals surface area (Å²) in [6.45, 7) is 6.10. The van der Waals surface area contributed by atoms with Crippen LogP contribution in [0.2, 0.25) is 0 Å². The average Bonchev–Trinajstić information content (AvgIpc) is 2.62. The molecule has 2 rings (SSSR count). The number of carbonyl (C=O) groups excluding carboxylic acids is 1. The highest BCUT2D eigenvalue weighted by atomic mass is 16.6. The van der Waals surface area contributed by atoms with Crippen LogP contribution in [0.25, 0.3) is 11.0 Å². The minimum atomic E-state index is -1.56. The molecule has 0 spiro atoms. The van der Waals surface area contributed by atoms with E-state index in [-0.39, 0.29) is 11.3 Å². The van der Waals surface area contributed by atoms with Crippen molar-refractivity contribution in [3.63, 3.8) is 0 Å². The first-order valence-corrected chi connectivity index (χ1v) is 8.44. The lowest BCUT2D eigenvalue weighted by molar-refractivity contribution is -0.163. The molecule has 0 fully saturated rings. The summed E-state index contributed by atoms with van der Waals surface area (Å²) in [5.41, 5.74) is -1.09. The Labute approximate surface area is 156 Å². The zero-order valence-electron chi connectivity index (χ0n) is 16.0. The Bertz CT molecular complexity index is 918. The number of aliphatic hydroxyl groups is 2. The maximum absolute atomic E-state index is 12.3. The number of hydrogen-bond donors (Lipinski definition) is 2. The molecule has 7 heteroatoms. The largest absolute Gasteiger partial charge is 0.496 e. The number of esters is 1. The molecule has 146 valence electrons. The number of carbonyl (C=O) groups is 1. The van der Waals surface area contributed by atoms with Crippen molar-refractivity contribution < 1.29 is 28.9 Å². The highest BCUT2D eigenvalue weighted by Gasteiger charge is 2.38. The number of fused-ring (bicyclic) bond motifs is 1. The van der Waals surface area contributed by atoms with Gasteiger partial charge in [0.15, 0.2) is 6.10 Å². The molecule has 0 radical (unpaired) electrons. The first-order chi connectivity index (χ1) is 12.6. The van der Waals surface area contributed by atoms with E-state index in [0.29, 0.717) is 16.5 Å². The third-order valence-electron chi connectivity index (χ3n) is 4.28. The monoisotopic (exact) mass is 376 g/mol. The van der Waals surface area contributed by atoms with Gasteiger partial charge in [-0.2, -0.15) is 0 Å². The lowest BCUT2D eigenvalue weighted by Gasteiger charge is -2.32. The molecule has 2 atom stereocenters. The van der Waals surface area contributed by atoms with Gasteiger partial charge >= 0.3 is 11.6 Å². The van der Waals surface area contributed by atoms with Crippen molar-refractivity contribution in [1.82, 2.24) is 0 Å². The highest BCUT2D eigenvalue weighted by molar-refractivity contribution is 5.88. The van der Waals surface area contributed by atoms with Crippen LogP contribution in [0, 0.1) is 0 Å². The van der Waals surface area contributed by atoms with Crippen molar-refractivity contribution >= 4 is 16.9 Å². The maximum atomic E-state index is 12.3. The zero-order chi connectivity index (χ0) is 20.4.